The minimum absolute atomic E-state index is 0.0306. The van der Waals surface area contributed by atoms with Gasteiger partial charge in [0, 0.05) is 20.1 Å². The Morgan fingerprint density at radius 2 is 2.00 bits per heavy atom. The number of nitrogens with zero attached hydrogens (tertiary/aromatic N) is 1. The molecule has 0 heterocycles. The van der Waals surface area contributed by atoms with E-state index in [2.05, 4.69) is 4.72 Å². The molecule has 1 fully saturated rings. The first-order chi connectivity index (χ1) is 11.0. The minimum Gasteiger partial charge on any atom is -0.490 e. The van der Waals surface area contributed by atoms with Crippen molar-refractivity contribution < 1.29 is 18.8 Å². The second-order valence-corrected chi connectivity index (χ2v) is 7.14. The molecule has 0 saturated heterocycles. The van der Waals surface area contributed by atoms with Crippen molar-refractivity contribution >= 4 is 17.1 Å². The average molecular weight is 340 g/mol. The van der Waals surface area contributed by atoms with Crippen molar-refractivity contribution in [3.05, 3.63) is 29.8 Å². The summed E-state index contributed by atoms with van der Waals surface area (Å²) in [6.45, 7) is 0.691. The predicted octanol–water partition coefficient (Wildman–Crippen LogP) is 2.08. The predicted molar refractivity (Wildman–Crippen MR) is 89.2 cm³/mol. The topological polar surface area (TPSA) is 78.9 Å². The zero-order valence-electron chi connectivity index (χ0n) is 13.4. The fourth-order valence-electron chi connectivity index (χ4n) is 2.48. The van der Waals surface area contributed by atoms with Crippen LogP contribution >= 0.6 is 0 Å². The Hall–Kier alpha value is -1.44. The lowest BCUT2D eigenvalue weighted by molar-refractivity contribution is -0.137. The Labute approximate surface area is 139 Å². The first kappa shape index (κ1) is 17.9. The second kappa shape index (κ2) is 9.00. The zero-order valence-corrected chi connectivity index (χ0v) is 14.2. The zero-order chi connectivity index (χ0) is 16.7. The van der Waals surface area contributed by atoms with E-state index in [1.54, 1.807) is 7.05 Å². The van der Waals surface area contributed by atoms with Gasteiger partial charge in [0.25, 0.3) is 0 Å². The van der Waals surface area contributed by atoms with Gasteiger partial charge in [-0.3, -0.25) is 4.79 Å². The van der Waals surface area contributed by atoms with Gasteiger partial charge in [-0.15, -0.1) is 0 Å². The first-order valence-electron chi connectivity index (χ1n) is 7.88. The molecule has 1 aliphatic carbocycles. The number of benzene rings is 1. The molecule has 0 spiro atoms. The van der Waals surface area contributed by atoms with Gasteiger partial charge in [-0.1, -0.05) is 12.1 Å². The molecule has 2 N–H and O–H groups in total. The Balaban J connectivity index is 1.74. The van der Waals surface area contributed by atoms with Crippen LogP contribution in [0.15, 0.2) is 24.3 Å². The van der Waals surface area contributed by atoms with Crippen LogP contribution < -0.4 is 9.46 Å². The van der Waals surface area contributed by atoms with Crippen molar-refractivity contribution in [2.75, 3.05) is 13.6 Å². The maximum Gasteiger partial charge on any atom is 0.304 e. The van der Waals surface area contributed by atoms with Crippen molar-refractivity contribution in [3.8, 4) is 5.75 Å². The quantitative estimate of drug-likeness (QED) is 0.721. The van der Waals surface area contributed by atoms with Gasteiger partial charge in [-0.2, -0.15) is 0 Å². The highest BCUT2D eigenvalue weighted by molar-refractivity contribution is 7.80. The van der Waals surface area contributed by atoms with E-state index in [1.165, 1.54) is 17.1 Å². The summed E-state index contributed by atoms with van der Waals surface area (Å²) < 4.78 is 22.2. The third-order valence-electron chi connectivity index (χ3n) is 3.85. The van der Waals surface area contributed by atoms with Crippen LogP contribution in [0.25, 0.3) is 0 Å². The molecule has 0 aromatic heterocycles. The molecule has 128 valence electrons. The van der Waals surface area contributed by atoms with Gasteiger partial charge in [0.1, 0.15) is 5.75 Å². The van der Waals surface area contributed by atoms with Gasteiger partial charge in [0.15, 0.2) is 11.2 Å². The van der Waals surface area contributed by atoms with E-state index in [4.69, 9.17) is 9.84 Å². The van der Waals surface area contributed by atoms with Crippen LogP contribution in [0.2, 0.25) is 0 Å². The summed E-state index contributed by atoms with van der Waals surface area (Å²) in [4.78, 5) is 10.5. The number of hydrogen-bond acceptors (Lipinski definition) is 3. The van der Waals surface area contributed by atoms with E-state index in [9.17, 15) is 9.00 Å². The van der Waals surface area contributed by atoms with E-state index in [0.29, 0.717) is 12.6 Å². The van der Waals surface area contributed by atoms with Crippen LogP contribution in [0.1, 0.15) is 37.7 Å². The fraction of sp³-hybridized carbons (Fsp3) is 0.562. The van der Waals surface area contributed by atoms with Crippen molar-refractivity contribution in [2.24, 2.45) is 0 Å². The average Bonchev–Trinajstić information content (AvgIpc) is 3.04. The van der Waals surface area contributed by atoms with Gasteiger partial charge >= 0.3 is 5.97 Å². The molecular formula is C16H24N2O4S. The maximum atomic E-state index is 11.9. The van der Waals surface area contributed by atoms with Crippen LogP contribution in [-0.2, 0) is 22.5 Å². The van der Waals surface area contributed by atoms with Crippen molar-refractivity contribution in [1.82, 2.24) is 9.03 Å². The van der Waals surface area contributed by atoms with Crippen LogP contribution in [0.5, 0.6) is 5.75 Å². The SMILES string of the molecule is CN(CCC(=O)O)S(=O)NCc1ccc(OC2CCCC2)cc1. The summed E-state index contributed by atoms with van der Waals surface area (Å²) in [5, 5.41) is 8.62. The smallest absolute Gasteiger partial charge is 0.304 e. The summed E-state index contributed by atoms with van der Waals surface area (Å²) in [6, 6.07) is 7.77. The van der Waals surface area contributed by atoms with E-state index >= 15 is 0 Å². The van der Waals surface area contributed by atoms with Gasteiger partial charge in [-0.05, 0) is 43.4 Å². The van der Waals surface area contributed by atoms with E-state index in [1.807, 2.05) is 24.3 Å². The molecule has 0 aliphatic heterocycles. The summed E-state index contributed by atoms with van der Waals surface area (Å²) >= 11 is -1.40. The number of rotatable bonds is 9. The molecule has 1 saturated carbocycles. The van der Waals surface area contributed by atoms with Crippen molar-refractivity contribution in [1.29, 1.82) is 0 Å². The molecule has 23 heavy (non-hydrogen) atoms. The Morgan fingerprint density at radius 1 is 1.35 bits per heavy atom. The van der Waals surface area contributed by atoms with Gasteiger partial charge < -0.3 is 9.84 Å². The third-order valence-corrected chi connectivity index (χ3v) is 4.99. The number of nitrogens with one attached hydrogen (secondary N) is 1. The summed E-state index contributed by atoms with van der Waals surface area (Å²) in [7, 11) is 1.63. The molecule has 1 atom stereocenters. The van der Waals surface area contributed by atoms with Crippen LogP contribution in [0, 0.1) is 0 Å². The Bertz CT molecular complexity index is 529. The standard InChI is InChI=1S/C16H24N2O4S/c1-18(11-10-16(19)20)23(21)17-12-13-6-8-15(9-7-13)22-14-4-2-3-5-14/h6-9,14,17H,2-5,10-12H2,1H3,(H,19,20). The second-order valence-electron chi connectivity index (χ2n) is 5.73. The number of carboxylic acids is 1. The van der Waals surface area contributed by atoms with Crippen LogP contribution in [0.4, 0.5) is 0 Å². The van der Waals surface area contributed by atoms with Crippen molar-refractivity contribution in [3.63, 3.8) is 0 Å². The Kier molecular flexibility index (Phi) is 7.01. The molecule has 1 aliphatic rings. The number of hydrogen-bond donors (Lipinski definition) is 2. The van der Waals surface area contributed by atoms with Gasteiger partial charge in [-0.25, -0.2) is 13.2 Å². The number of carboxylic acid groups (broad SMARTS) is 1. The molecule has 0 amide bonds. The fourth-order valence-corrected chi connectivity index (χ4v) is 3.24. The lowest BCUT2D eigenvalue weighted by Crippen LogP contribution is -2.33. The highest BCUT2D eigenvalue weighted by Crippen LogP contribution is 2.24. The first-order valence-corrected chi connectivity index (χ1v) is 8.99. The molecule has 2 rings (SSSR count). The molecule has 1 unspecified atom stereocenters. The summed E-state index contributed by atoms with van der Waals surface area (Å²) in [5.74, 6) is -0.0212. The number of aliphatic carboxylic acids is 1. The molecule has 7 heteroatoms. The molecular weight excluding hydrogens is 316 g/mol. The largest absolute Gasteiger partial charge is 0.490 e. The molecule has 6 nitrogen and oxygen atoms in total. The lowest BCUT2D eigenvalue weighted by Gasteiger charge is -2.15. The van der Waals surface area contributed by atoms with Gasteiger partial charge in [0.2, 0.25) is 0 Å². The molecule has 0 bridgehead atoms. The highest BCUT2D eigenvalue weighted by Gasteiger charge is 2.16. The van der Waals surface area contributed by atoms with Crippen LogP contribution in [0.3, 0.4) is 0 Å². The lowest BCUT2D eigenvalue weighted by atomic mass is 10.2. The molecule has 1 aromatic carbocycles. The third kappa shape index (κ3) is 6.29. The highest BCUT2D eigenvalue weighted by atomic mass is 32.2. The summed E-state index contributed by atoms with van der Waals surface area (Å²) in [5.41, 5.74) is 1.00. The molecule has 0 radical (unpaired) electrons. The van der Waals surface area contributed by atoms with Gasteiger partial charge in [0.05, 0.1) is 12.5 Å². The number of ether oxygens (including phenoxy) is 1. The Morgan fingerprint density at radius 3 is 2.61 bits per heavy atom. The van der Waals surface area contributed by atoms with E-state index in [0.717, 1.165) is 24.2 Å². The van der Waals surface area contributed by atoms with E-state index in [-0.39, 0.29) is 13.0 Å². The number of carbonyl (C=O) groups is 1. The minimum atomic E-state index is -1.40. The monoisotopic (exact) mass is 340 g/mol. The summed E-state index contributed by atoms with van der Waals surface area (Å²) in [6.07, 6.45) is 5.06. The van der Waals surface area contributed by atoms with Crippen molar-refractivity contribution in [2.45, 2.75) is 44.8 Å². The normalized spacial score (nSPS) is 16.6. The van der Waals surface area contributed by atoms with Crippen LogP contribution in [-0.4, -0.2) is 39.3 Å². The van der Waals surface area contributed by atoms with E-state index < -0.39 is 17.1 Å². The molecule has 1 aromatic rings. The maximum absolute atomic E-state index is 11.9.